The number of rotatable bonds is 9. The summed E-state index contributed by atoms with van der Waals surface area (Å²) in [5.74, 6) is 1.08. The van der Waals surface area contributed by atoms with Crippen LogP contribution in [0.2, 0.25) is 0 Å². The van der Waals surface area contributed by atoms with Crippen LogP contribution in [0, 0.1) is 0 Å². The average molecular weight is 581 g/mol. The Labute approximate surface area is 228 Å². The maximum Gasteiger partial charge on any atom is 0.256 e. The van der Waals surface area contributed by atoms with Crippen molar-refractivity contribution in [1.29, 1.82) is 0 Å². The third-order valence-corrected chi connectivity index (χ3v) is 7.26. The van der Waals surface area contributed by atoms with Crippen molar-refractivity contribution in [2.75, 3.05) is 17.2 Å². The standard InChI is InChI=1S/C27H26BrN5O3S/c1-4-36-21-15-13-20(14-16-21)29-25(34)17(2)37-27-32-31-24(33(27)3)18-9-11-19(12-10-18)30-26(35)22-7-5-6-8-23(22)28/h5-17H,4H2,1-3H3,(H,29,34)(H,30,35). The van der Waals surface area contributed by atoms with Crippen LogP contribution < -0.4 is 15.4 Å². The van der Waals surface area contributed by atoms with Gasteiger partial charge in [-0.2, -0.15) is 0 Å². The number of carbonyl (C=O) groups excluding carboxylic acids is 2. The topological polar surface area (TPSA) is 98.1 Å². The Hall–Kier alpha value is -3.63. The molecule has 1 heterocycles. The zero-order valence-corrected chi connectivity index (χ0v) is 23.0. The van der Waals surface area contributed by atoms with Crippen molar-refractivity contribution in [3.8, 4) is 17.1 Å². The van der Waals surface area contributed by atoms with E-state index in [1.165, 1.54) is 11.8 Å². The lowest BCUT2D eigenvalue weighted by Gasteiger charge is -2.12. The summed E-state index contributed by atoms with van der Waals surface area (Å²) in [7, 11) is 1.86. The van der Waals surface area contributed by atoms with E-state index in [9.17, 15) is 9.59 Å². The lowest BCUT2D eigenvalue weighted by Crippen LogP contribution is -2.22. The van der Waals surface area contributed by atoms with Gasteiger partial charge in [-0.3, -0.25) is 9.59 Å². The predicted molar refractivity (Wildman–Crippen MR) is 150 cm³/mol. The smallest absolute Gasteiger partial charge is 0.256 e. The van der Waals surface area contributed by atoms with Crippen LogP contribution in [-0.2, 0) is 11.8 Å². The highest BCUT2D eigenvalue weighted by Gasteiger charge is 2.20. The number of nitrogens with zero attached hydrogens (tertiary/aromatic N) is 3. The summed E-state index contributed by atoms with van der Waals surface area (Å²) in [5.41, 5.74) is 2.77. The Balaban J connectivity index is 1.38. The first-order valence-corrected chi connectivity index (χ1v) is 13.3. The minimum Gasteiger partial charge on any atom is -0.494 e. The number of nitrogens with one attached hydrogen (secondary N) is 2. The highest BCUT2D eigenvalue weighted by molar-refractivity contribution is 9.10. The number of hydrogen-bond acceptors (Lipinski definition) is 6. The molecule has 0 aliphatic carbocycles. The van der Waals surface area contributed by atoms with E-state index in [1.807, 2.05) is 92.2 Å². The van der Waals surface area contributed by atoms with Crippen molar-refractivity contribution in [2.45, 2.75) is 24.3 Å². The second kappa shape index (κ2) is 12.1. The van der Waals surface area contributed by atoms with Gasteiger partial charge in [0.2, 0.25) is 5.91 Å². The first-order valence-electron chi connectivity index (χ1n) is 11.6. The molecule has 0 fully saturated rings. The van der Waals surface area contributed by atoms with Crippen molar-refractivity contribution in [3.63, 3.8) is 0 Å². The number of hydrogen-bond donors (Lipinski definition) is 2. The van der Waals surface area contributed by atoms with Crippen LogP contribution in [-0.4, -0.2) is 38.4 Å². The number of ether oxygens (including phenoxy) is 1. The highest BCUT2D eigenvalue weighted by atomic mass is 79.9. The van der Waals surface area contributed by atoms with Crippen molar-refractivity contribution < 1.29 is 14.3 Å². The van der Waals surface area contributed by atoms with Gasteiger partial charge in [-0.15, -0.1) is 10.2 Å². The Kier molecular flexibility index (Phi) is 8.62. The average Bonchev–Trinajstić information content (AvgIpc) is 3.25. The molecule has 2 amide bonds. The monoisotopic (exact) mass is 579 g/mol. The fourth-order valence-corrected chi connectivity index (χ4v) is 4.75. The molecular formula is C27H26BrN5O3S. The van der Waals surface area contributed by atoms with E-state index in [4.69, 9.17) is 4.74 Å². The molecule has 4 rings (SSSR count). The molecule has 4 aromatic rings. The number of carbonyl (C=O) groups is 2. The van der Waals surface area contributed by atoms with Crippen molar-refractivity contribution in [3.05, 3.63) is 82.8 Å². The first-order chi connectivity index (χ1) is 17.9. The molecule has 0 bridgehead atoms. The Morgan fingerprint density at radius 1 is 0.973 bits per heavy atom. The SMILES string of the molecule is CCOc1ccc(NC(=O)C(C)Sc2nnc(-c3ccc(NC(=O)c4ccccc4Br)cc3)n2C)cc1. The Morgan fingerprint density at radius 2 is 1.62 bits per heavy atom. The minimum absolute atomic E-state index is 0.135. The predicted octanol–water partition coefficient (Wildman–Crippen LogP) is 6.01. The van der Waals surface area contributed by atoms with Crippen LogP contribution in [0.4, 0.5) is 11.4 Å². The van der Waals surface area contributed by atoms with E-state index < -0.39 is 5.25 Å². The van der Waals surface area contributed by atoms with E-state index in [-0.39, 0.29) is 11.8 Å². The van der Waals surface area contributed by atoms with Gasteiger partial charge < -0.3 is 19.9 Å². The van der Waals surface area contributed by atoms with E-state index in [0.717, 1.165) is 15.8 Å². The summed E-state index contributed by atoms with van der Waals surface area (Å²) in [6, 6.07) is 21.9. The fraction of sp³-hybridized carbons (Fsp3) is 0.185. The molecule has 190 valence electrons. The number of benzene rings is 3. The fourth-order valence-electron chi connectivity index (χ4n) is 3.47. The van der Waals surface area contributed by atoms with Crippen LogP contribution in [0.25, 0.3) is 11.4 Å². The third kappa shape index (κ3) is 6.58. The molecule has 8 nitrogen and oxygen atoms in total. The molecular weight excluding hydrogens is 554 g/mol. The van der Waals surface area contributed by atoms with E-state index in [2.05, 4.69) is 36.8 Å². The summed E-state index contributed by atoms with van der Waals surface area (Å²) in [6.07, 6.45) is 0. The Bertz CT molecular complexity index is 1390. The molecule has 37 heavy (non-hydrogen) atoms. The van der Waals surface area contributed by atoms with Gasteiger partial charge in [0, 0.05) is 28.5 Å². The van der Waals surface area contributed by atoms with Crippen LogP contribution in [0.1, 0.15) is 24.2 Å². The molecule has 1 atom stereocenters. The Morgan fingerprint density at radius 3 is 2.30 bits per heavy atom. The van der Waals surface area contributed by atoms with Gasteiger partial charge in [-0.1, -0.05) is 23.9 Å². The summed E-state index contributed by atoms with van der Waals surface area (Å²) in [6.45, 7) is 4.34. The van der Waals surface area contributed by atoms with Gasteiger partial charge in [0.25, 0.3) is 5.91 Å². The van der Waals surface area contributed by atoms with Crippen molar-refractivity contribution in [2.24, 2.45) is 7.05 Å². The van der Waals surface area contributed by atoms with Gasteiger partial charge in [0.1, 0.15) is 5.75 Å². The third-order valence-electron chi connectivity index (χ3n) is 5.44. The maximum atomic E-state index is 12.7. The largest absolute Gasteiger partial charge is 0.494 e. The quantitative estimate of drug-likeness (QED) is 0.235. The second-order valence-electron chi connectivity index (χ2n) is 8.08. The van der Waals surface area contributed by atoms with E-state index in [1.54, 1.807) is 6.07 Å². The molecule has 0 aliphatic rings. The zero-order chi connectivity index (χ0) is 26.4. The molecule has 0 spiro atoms. The molecule has 0 radical (unpaired) electrons. The lowest BCUT2D eigenvalue weighted by molar-refractivity contribution is -0.115. The summed E-state index contributed by atoms with van der Waals surface area (Å²) < 4.78 is 8.01. The number of halogens is 1. The zero-order valence-electron chi connectivity index (χ0n) is 20.6. The van der Waals surface area contributed by atoms with Crippen molar-refractivity contribution in [1.82, 2.24) is 14.8 Å². The molecule has 0 aliphatic heterocycles. The van der Waals surface area contributed by atoms with Gasteiger partial charge in [-0.05, 0) is 90.4 Å². The summed E-state index contributed by atoms with van der Waals surface area (Å²) in [5, 5.41) is 14.6. The molecule has 10 heteroatoms. The van der Waals surface area contributed by atoms with Crippen LogP contribution in [0.15, 0.2) is 82.4 Å². The number of anilines is 2. The van der Waals surface area contributed by atoms with Crippen LogP contribution in [0.5, 0.6) is 5.75 Å². The van der Waals surface area contributed by atoms with Gasteiger partial charge in [0.05, 0.1) is 17.4 Å². The second-order valence-corrected chi connectivity index (χ2v) is 10.2. The van der Waals surface area contributed by atoms with Crippen LogP contribution >= 0.6 is 27.7 Å². The highest BCUT2D eigenvalue weighted by Crippen LogP contribution is 2.27. The maximum absolute atomic E-state index is 12.7. The van der Waals surface area contributed by atoms with Crippen molar-refractivity contribution >= 4 is 50.9 Å². The van der Waals surface area contributed by atoms with Gasteiger partial charge in [-0.25, -0.2) is 0 Å². The molecule has 3 aromatic carbocycles. The normalized spacial score (nSPS) is 11.6. The van der Waals surface area contributed by atoms with E-state index in [0.29, 0.717) is 34.5 Å². The van der Waals surface area contributed by atoms with Crippen LogP contribution in [0.3, 0.4) is 0 Å². The van der Waals surface area contributed by atoms with Gasteiger partial charge in [0.15, 0.2) is 11.0 Å². The first kappa shape index (κ1) is 26.4. The number of thioether (sulfide) groups is 1. The van der Waals surface area contributed by atoms with Gasteiger partial charge >= 0.3 is 0 Å². The molecule has 0 saturated carbocycles. The number of aromatic nitrogens is 3. The minimum atomic E-state index is -0.391. The molecule has 2 N–H and O–H groups in total. The number of amides is 2. The molecule has 1 unspecified atom stereocenters. The summed E-state index contributed by atoms with van der Waals surface area (Å²) >= 11 is 4.73. The summed E-state index contributed by atoms with van der Waals surface area (Å²) in [4.78, 5) is 25.3. The molecule has 0 saturated heterocycles. The van der Waals surface area contributed by atoms with E-state index >= 15 is 0 Å². The molecule has 1 aromatic heterocycles. The lowest BCUT2D eigenvalue weighted by atomic mass is 10.1.